The van der Waals surface area contributed by atoms with Gasteiger partial charge in [0.1, 0.15) is 11.3 Å². The van der Waals surface area contributed by atoms with Crippen molar-refractivity contribution in [2.24, 2.45) is 0 Å². The number of fused-ring (bicyclic) bond motifs is 1. The van der Waals surface area contributed by atoms with Crippen LogP contribution in [0.1, 0.15) is 42.5 Å². The molecule has 7 nitrogen and oxygen atoms in total. The Bertz CT molecular complexity index is 601. The highest BCUT2D eigenvalue weighted by molar-refractivity contribution is 5.75. The predicted octanol–water partition coefficient (Wildman–Crippen LogP) is 0.876. The number of nitrogens with zero attached hydrogens (tertiary/aromatic N) is 2. The van der Waals surface area contributed by atoms with Crippen LogP contribution in [0.3, 0.4) is 0 Å². The normalized spacial score (nSPS) is 14.7. The van der Waals surface area contributed by atoms with E-state index in [-0.39, 0.29) is 12.2 Å². The molecule has 7 heteroatoms. The average Bonchev–Trinajstić information content (AvgIpc) is 2.35. The van der Waals surface area contributed by atoms with E-state index in [2.05, 4.69) is 9.97 Å². The van der Waals surface area contributed by atoms with E-state index in [0.29, 0.717) is 30.5 Å². The van der Waals surface area contributed by atoms with Crippen molar-refractivity contribution in [3.8, 4) is 0 Å². The maximum Gasteiger partial charge on any atom is 0.410 e. The molecule has 0 aliphatic carbocycles. The zero-order valence-electron chi connectivity index (χ0n) is 11.7. The van der Waals surface area contributed by atoms with Gasteiger partial charge >= 0.3 is 11.8 Å². The number of hydrogen-bond acceptors (Lipinski definition) is 5. The smallest absolute Gasteiger partial charge is 0.410 e. The number of H-pyrrole nitrogens is 1. The third-order valence-corrected chi connectivity index (χ3v) is 2.90. The van der Waals surface area contributed by atoms with Crippen molar-refractivity contribution in [2.75, 3.05) is 6.54 Å². The van der Waals surface area contributed by atoms with E-state index in [1.807, 2.05) is 0 Å². The van der Waals surface area contributed by atoms with Gasteiger partial charge in [-0.25, -0.2) is 9.59 Å². The third kappa shape index (κ3) is 3.04. The SMILES string of the molecule is CC(C)(C)OC(=O)N1CCc2[nH]c(=O)nc(C=O)c2C1. The Morgan fingerprint density at radius 3 is 2.75 bits per heavy atom. The van der Waals surface area contributed by atoms with Crippen molar-refractivity contribution < 1.29 is 14.3 Å². The summed E-state index contributed by atoms with van der Waals surface area (Å²) in [5, 5.41) is 0. The quantitative estimate of drug-likeness (QED) is 0.770. The van der Waals surface area contributed by atoms with Gasteiger partial charge in [-0.3, -0.25) is 4.79 Å². The van der Waals surface area contributed by atoms with E-state index in [1.54, 1.807) is 20.8 Å². The first-order valence-electron chi connectivity index (χ1n) is 6.35. The van der Waals surface area contributed by atoms with Crippen molar-refractivity contribution >= 4 is 12.4 Å². The largest absolute Gasteiger partial charge is 0.444 e. The molecule has 0 saturated carbocycles. The van der Waals surface area contributed by atoms with E-state index < -0.39 is 17.4 Å². The average molecular weight is 279 g/mol. The molecular weight excluding hydrogens is 262 g/mol. The van der Waals surface area contributed by atoms with Gasteiger partial charge in [-0.15, -0.1) is 0 Å². The molecule has 2 heterocycles. The lowest BCUT2D eigenvalue weighted by molar-refractivity contribution is 0.0221. The molecule has 0 fully saturated rings. The highest BCUT2D eigenvalue weighted by Crippen LogP contribution is 2.20. The van der Waals surface area contributed by atoms with Crippen LogP contribution < -0.4 is 5.69 Å². The molecule has 1 aromatic heterocycles. The minimum Gasteiger partial charge on any atom is -0.444 e. The number of carbonyl (C=O) groups excluding carboxylic acids is 2. The summed E-state index contributed by atoms with van der Waals surface area (Å²) >= 11 is 0. The summed E-state index contributed by atoms with van der Waals surface area (Å²) in [6, 6.07) is 0. The standard InChI is InChI=1S/C13H17N3O4/c1-13(2,3)20-12(19)16-5-4-9-8(6-16)10(7-17)15-11(18)14-9/h7H,4-6H2,1-3H3,(H,14,15,18). The zero-order valence-corrected chi connectivity index (χ0v) is 11.7. The number of aromatic amines is 1. The lowest BCUT2D eigenvalue weighted by Gasteiger charge is -2.31. The first kappa shape index (κ1) is 14.2. The van der Waals surface area contributed by atoms with Crippen LogP contribution in [0.5, 0.6) is 0 Å². The highest BCUT2D eigenvalue weighted by atomic mass is 16.6. The summed E-state index contributed by atoms with van der Waals surface area (Å²) < 4.78 is 5.30. The van der Waals surface area contributed by atoms with Crippen LogP contribution in [-0.4, -0.2) is 39.4 Å². The predicted molar refractivity (Wildman–Crippen MR) is 70.6 cm³/mol. The molecule has 0 aromatic carbocycles. The molecule has 1 N–H and O–H groups in total. The maximum atomic E-state index is 12.0. The molecule has 1 aliphatic rings. The number of ether oxygens (including phenoxy) is 1. The Morgan fingerprint density at radius 2 is 2.15 bits per heavy atom. The summed E-state index contributed by atoms with van der Waals surface area (Å²) in [6.07, 6.45) is 0.561. The molecule has 0 radical (unpaired) electrons. The minimum atomic E-state index is -0.575. The fraction of sp³-hybridized carbons (Fsp3) is 0.538. The van der Waals surface area contributed by atoms with Gasteiger partial charge in [0.05, 0.1) is 6.54 Å². The Kier molecular flexibility index (Phi) is 3.61. The number of amides is 1. The van der Waals surface area contributed by atoms with Gasteiger partial charge < -0.3 is 14.6 Å². The van der Waals surface area contributed by atoms with Crippen LogP contribution in [0.4, 0.5) is 4.79 Å². The van der Waals surface area contributed by atoms with Gasteiger partial charge in [0.25, 0.3) is 0 Å². The second-order valence-corrected chi connectivity index (χ2v) is 5.65. The van der Waals surface area contributed by atoms with Gasteiger partial charge in [-0.2, -0.15) is 4.98 Å². The monoisotopic (exact) mass is 279 g/mol. The summed E-state index contributed by atoms with van der Waals surface area (Å²) in [5.74, 6) is 0. The Morgan fingerprint density at radius 1 is 1.45 bits per heavy atom. The number of aldehydes is 1. The first-order chi connectivity index (χ1) is 9.30. The number of nitrogens with one attached hydrogen (secondary N) is 1. The van der Waals surface area contributed by atoms with Crippen LogP contribution in [0.25, 0.3) is 0 Å². The number of rotatable bonds is 1. The van der Waals surface area contributed by atoms with Crippen LogP contribution >= 0.6 is 0 Å². The Hall–Kier alpha value is -2.18. The van der Waals surface area contributed by atoms with Crippen molar-refractivity contribution in [1.82, 2.24) is 14.9 Å². The lowest BCUT2D eigenvalue weighted by atomic mass is 10.0. The molecule has 0 spiro atoms. The van der Waals surface area contributed by atoms with Gasteiger partial charge in [0.15, 0.2) is 6.29 Å². The molecule has 20 heavy (non-hydrogen) atoms. The topological polar surface area (TPSA) is 92.4 Å². The summed E-state index contributed by atoms with van der Waals surface area (Å²) in [6.45, 7) is 6.01. The summed E-state index contributed by atoms with van der Waals surface area (Å²) in [7, 11) is 0. The number of aromatic nitrogens is 2. The molecule has 0 unspecified atom stereocenters. The van der Waals surface area contributed by atoms with Crippen molar-refractivity contribution in [1.29, 1.82) is 0 Å². The zero-order chi connectivity index (χ0) is 14.9. The summed E-state index contributed by atoms with van der Waals surface area (Å²) in [4.78, 5) is 42.0. The highest BCUT2D eigenvalue weighted by Gasteiger charge is 2.27. The maximum absolute atomic E-state index is 12.0. The van der Waals surface area contributed by atoms with Crippen LogP contribution in [0.2, 0.25) is 0 Å². The fourth-order valence-electron chi connectivity index (χ4n) is 2.05. The molecule has 2 rings (SSSR count). The van der Waals surface area contributed by atoms with Crippen LogP contribution in [0, 0.1) is 0 Å². The molecule has 0 atom stereocenters. The van der Waals surface area contributed by atoms with Gasteiger partial charge in [-0.05, 0) is 20.8 Å². The molecule has 1 aromatic rings. The van der Waals surface area contributed by atoms with Gasteiger partial charge in [0.2, 0.25) is 0 Å². The van der Waals surface area contributed by atoms with E-state index in [9.17, 15) is 14.4 Å². The number of carbonyl (C=O) groups is 2. The molecule has 1 aliphatic heterocycles. The molecule has 0 saturated heterocycles. The number of hydrogen-bond donors (Lipinski definition) is 1. The molecule has 0 bridgehead atoms. The van der Waals surface area contributed by atoms with Gasteiger partial charge in [-0.1, -0.05) is 0 Å². The molecular formula is C13H17N3O4. The summed E-state index contributed by atoms with van der Waals surface area (Å²) in [5.41, 5.74) is 0.200. The van der Waals surface area contributed by atoms with Crippen LogP contribution in [0.15, 0.2) is 4.79 Å². The van der Waals surface area contributed by atoms with Gasteiger partial charge in [0, 0.05) is 24.2 Å². The second-order valence-electron chi connectivity index (χ2n) is 5.65. The van der Waals surface area contributed by atoms with Crippen molar-refractivity contribution in [3.63, 3.8) is 0 Å². The fourth-order valence-corrected chi connectivity index (χ4v) is 2.05. The van der Waals surface area contributed by atoms with E-state index in [0.717, 1.165) is 0 Å². The Balaban J connectivity index is 2.24. The van der Waals surface area contributed by atoms with Crippen molar-refractivity contribution in [2.45, 2.75) is 39.3 Å². The molecule has 1 amide bonds. The van der Waals surface area contributed by atoms with Crippen molar-refractivity contribution in [3.05, 3.63) is 27.4 Å². The lowest BCUT2D eigenvalue weighted by Crippen LogP contribution is -2.41. The van der Waals surface area contributed by atoms with Crippen LogP contribution in [-0.2, 0) is 17.7 Å². The third-order valence-electron chi connectivity index (χ3n) is 2.90. The second kappa shape index (κ2) is 5.07. The first-order valence-corrected chi connectivity index (χ1v) is 6.35. The van der Waals surface area contributed by atoms with E-state index in [4.69, 9.17) is 4.74 Å². The Labute approximate surface area is 116 Å². The molecule has 108 valence electrons. The van der Waals surface area contributed by atoms with E-state index >= 15 is 0 Å². The minimum absolute atomic E-state index is 0.0806. The van der Waals surface area contributed by atoms with E-state index in [1.165, 1.54) is 4.90 Å².